The highest BCUT2D eigenvalue weighted by Crippen LogP contribution is 2.20. The first-order valence-electron chi connectivity index (χ1n) is 6.26. The lowest BCUT2D eigenvalue weighted by Gasteiger charge is -2.31. The molecule has 1 aliphatic rings. The molecule has 0 bridgehead atoms. The van der Waals surface area contributed by atoms with Crippen LogP contribution in [0.25, 0.3) is 0 Å². The summed E-state index contributed by atoms with van der Waals surface area (Å²) >= 11 is 0. The van der Waals surface area contributed by atoms with E-state index in [1.807, 2.05) is 0 Å². The Balaban J connectivity index is 2.06. The highest BCUT2D eigenvalue weighted by Gasteiger charge is 2.31. The summed E-state index contributed by atoms with van der Waals surface area (Å²) in [6.45, 7) is 0.795. The molecule has 0 aromatic carbocycles. The standard InChI is InChI=1S/C12H18N2O5S/c1-18-10-3-2-4-11(14-10)20(16,17)13-9-12(15)5-7-19-8-6-12/h2-4,13,15H,5-9H2,1H3. The zero-order chi connectivity index (χ0) is 14.6. The van der Waals surface area contributed by atoms with Crippen molar-refractivity contribution in [3.63, 3.8) is 0 Å². The van der Waals surface area contributed by atoms with Crippen LogP contribution in [0.4, 0.5) is 0 Å². The van der Waals surface area contributed by atoms with Crippen LogP contribution in [0, 0.1) is 0 Å². The fourth-order valence-corrected chi connectivity index (χ4v) is 2.97. The molecule has 1 aromatic rings. The smallest absolute Gasteiger partial charge is 0.258 e. The molecule has 0 amide bonds. The third kappa shape index (κ3) is 3.66. The van der Waals surface area contributed by atoms with E-state index in [1.54, 1.807) is 12.1 Å². The van der Waals surface area contributed by atoms with Gasteiger partial charge in [-0.2, -0.15) is 0 Å². The van der Waals surface area contributed by atoms with Gasteiger partial charge in [0.15, 0.2) is 5.03 Å². The first-order chi connectivity index (χ1) is 9.45. The van der Waals surface area contributed by atoms with E-state index < -0.39 is 15.6 Å². The van der Waals surface area contributed by atoms with Gasteiger partial charge in [0.05, 0.1) is 12.7 Å². The van der Waals surface area contributed by atoms with E-state index in [-0.39, 0.29) is 17.5 Å². The Morgan fingerprint density at radius 3 is 2.80 bits per heavy atom. The van der Waals surface area contributed by atoms with Crippen LogP contribution in [0.5, 0.6) is 5.88 Å². The van der Waals surface area contributed by atoms with E-state index in [1.165, 1.54) is 13.2 Å². The van der Waals surface area contributed by atoms with Crippen LogP contribution in [0.3, 0.4) is 0 Å². The number of pyridine rings is 1. The van der Waals surface area contributed by atoms with Gasteiger partial charge in [-0.3, -0.25) is 0 Å². The van der Waals surface area contributed by atoms with Gasteiger partial charge < -0.3 is 14.6 Å². The van der Waals surface area contributed by atoms with Gasteiger partial charge >= 0.3 is 0 Å². The van der Waals surface area contributed by atoms with Crippen molar-refractivity contribution in [1.29, 1.82) is 0 Å². The molecule has 1 aliphatic heterocycles. The van der Waals surface area contributed by atoms with Gasteiger partial charge in [0.2, 0.25) is 5.88 Å². The molecular formula is C12H18N2O5S. The molecule has 1 saturated heterocycles. The van der Waals surface area contributed by atoms with Crippen molar-refractivity contribution >= 4 is 10.0 Å². The largest absolute Gasteiger partial charge is 0.481 e. The van der Waals surface area contributed by atoms with Crippen LogP contribution in [0.15, 0.2) is 23.2 Å². The summed E-state index contributed by atoms with van der Waals surface area (Å²) in [6.07, 6.45) is 0.808. The van der Waals surface area contributed by atoms with Crippen LogP contribution >= 0.6 is 0 Å². The molecule has 0 aliphatic carbocycles. The second-order valence-corrected chi connectivity index (χ2v) is 6.39. The molecule has 2 rings (SSSR count). The van der Waals surface area contributed by atoms with E-state index in [0.717, 1.165) is 0 Å². The molecule has 8 heteroatoms. The second kappa shape index (κ2) is 6.04. The molecule has 1 fully saturated rings. The molecule has 0 spiro atoms. The Hall–Kier alpha value is -1.22. The van der Waals surface area contributed by atoms with Crippen LogP contribution in [0.1, 0.15) is 12.8 Å². The first-order valence-corrected chi connectivity index (χ1v) is 7.74. The molecule has 0 radical (unpaired) electrons. The summed E-state index contributed by atoms with van der Waals surface area (Å²) in [5, 5.41) is 10.1. The molecule has 2 N–H and O–H groups in total. The van der Waals surface area contributed by atoms with E-state index in [9.17, 15) is 13.5 Å². The van der Waals surface area contributed by atoms with Crippen molar-refractivity contribution in [3.05, 3.63) is 18.2 Å². The van der Waals surface area contributed by atoms with Crippen molar-refractivity contribution in [3.8, 4) is 5.88 Å². The van der Waals surface area contributed by atoms with Crippen molar-refractivity contribution in [1.82, 2.24) is 9.71 Å². The SMILES string of the molecule is COc1cccc(S(=O)(=O)NCC2(O)CCOCC2)n1. The summed E-state index contributed by atoms with van der Waals surface area (Å²) in [5.74, 6) is 0.220. The third-order valence-electron chi connectivity index (χ3n) is 3.20. The van der Waals surface area contributed by atoms with Crippen molar-refractivity contribution < 1.29 is 23.0 Å². The average molecular weight is 302 g/mol. The molecule has 112 valence electrons. The Kier molecular flexibility index (Phi) is 4.59. The van der Waals surface area contributed by atoms with Gasteiger partial charge in [0, 0.05) is 38.7 Å². The van der Waals surface area contributed by atoms with Gasteiger partial charge in [0.25, 0.3) is 10.0 Å². The van der Waals surface area contributed by atoms with Crippen LogP contribution < -0.4 is 9.46 Å². The molecule has 0 saturated carbocycles. The van der Waals surface area contributed by atoms with Crippen LogP contribution in [-0.4, -0.2) is 51.0 Å². The van der Waals surface area contributed by atoms with E-state index in [2.05, 4.69) is 9.71 Å². The van der Waals surface area contributed by atoms with Crippen molar-refractivity contribution in [2.75, 3.05) is 26.9 Å². The summed E-state index contributed by atoms with van der Waals surface area (Å²) in [6, 6.07) is 4.48. The predicted molar refractivity (Wildman–Crippen MR) is 71.0 cm³/mol. The minimum Gasteiger partial charge on any atom is -0.481 e. The topological polar surface area (TPSA) is 97.8 Å². The van der Waals surface area contributed by atoms with Gasteiger partial charge in [0.1, 0.15) is 0 Å². The number of methoxy groups -OCH3 is 1. The Morgan fingerprint density at radius 1 is 1.45 bits per heavy atom. The zero-order valence-electron chi connectivity index (χ0n) is 11.2. The van der Waals surface area contributed by atoms with Gasteiger partial charge in [-0.15, -0.1) is 0 Å². The molecule has 20 heavy (non-hydrogen) atoms. The maximum Gasteiger partial charge on any atom is 0.258 e. The Bertz CT molecular complexity index is 555. The summed E-state index contributed by atoms with van der Waals surface area (Å²) in [4.78, 5) is 3.87. The van der Waals surface area contributed by atoms with Crippen LogP contribution in [-0.2, 0) is 14.8 Å². The molecule has 7 nitrogen and oxygen atoms in total. The number of nitrogens with zero attached hydrogens (tertiary/aromatic N) is 1. The average Bonchev–Trinajstić information content (AvgIpc) is 2.46. The lowest BCUT2D eigenvalue weighted by molar-refractivity contribution is -0.0588. The maximum absolute atomic E-state index is 12.1. The number of rotatable bonds is 5. The van der Waals surface area contributed by atoms with Gasteiger partial charge in [-0.05, 0) is 6.07 Å². The highest BCUT2D eigenvalue weighted by molar-refractivity contribution is 7.89. The number of nitrogens with one attached hydrogen (secondary N) is 1. The fourth-order valence-electron chi connectivity index (χ4n) is 1.89. The number of aromatic nitrogens is 1. The number of sulfonamides is 1. The number of hydrogen-bond donors (Lipinski definition) is 2. The lowest BCUT2D eigenvalue weighted by atomic mass is 9.95. The highest BCUT2D eigenvalue weighted by atomic mass is 32.2. The quantitative estimate of drug-likeness (QED) is 0.789. The summed E-state index contributed by atoms with van der Waals surface area (Å²) in [7, 11) is -2.36. The summed E-state index contributed by atoms with van der Waals surface area (Å²) in [5.41, 5.74) is -1.07. The van der Waals surface area contributed by atoms with E-state index >= 15 is 0 Å². The summed E-state index contributed by atoms with van der Waals surface area (Å²) < 4.78 is 36.7. The first kappa shape index (κ1) is 15.2. The second-order valence-electron chi connectivity index (χ2n) is 4.68. The number of hydrogen-bond acceptors (Lipinski definition) is 6. The van der Waals surface area contributed by atoms with Crippen LogP contribution in [0.2, 0.25) is 0 Å². The molecule has 1 aromatic heterocycles. The Morgan fingerprint density at radius 2 is 2.15 bits per heavy atom. The molecule has 0 atom stereocenters. The normalized spacial score (nSPS) is 18.7. The minimum absolute atomic E-state index is 0.0580. The van der Waals surface area contributed by atoms with Crippen molar-refractivity contribution in [2.45, 2.75) is 23.5 Å². The zero-order valence-corrected chi connectivity index (χ0v) is 12.0. The lowest BCUT2D eigenvalue weighted by Crippen LogP contribution is -2.46. The monoisotopic (exact) mass is 302 g/mol. The minimum atomic E-state index is -3.77. The van der Waals surface area contributed by atoms with Crippen molar-refractivity contribution in [2.24, 2.45) is 0 Å². The molecule has 0 unspecified atom stereocenters. The predicted octanol–water partition coefficient (Wildman–Crippen LogP) is -0.0900. The van der Waals surface area contributed by atoms with Gasteiger partial charge in [-0.25, -0.2) is 18.1 Å². The molecular weight excluding hydrogens is 284 g/mol. The number of ether oxygens (including phenoxy) is 2. The van der Waals surface area contributed by atoms with E-state index in [4.69, 9.17) is 9.47 Å². The third-order valence-corrected chi connectivity index (χ3v) is 4.50. The maximum atomic E-state index is 12.1. The molecule has 2 heterocycles. The van der Waals surface area contributed by atoms with Gasteiger partial charge in [-0.1, -0.05) is 6.07 Å². The van der Waals surface area contributed by atoms with E-state index in [0.29, 0.717) is 26.1 Å². The number of aliphatic hydroxyl groups is 1. The fraction of sp³-hybridized carbons (Fsp3) is 0.583. The Labute approximate surface area is 118 Å².